The molecule has 0 aromatic heterocycles. The SMILES string of the molecule is CC[C@@H](c1ccccc1)N1Cc2cc3c(cc2C[C@H]1C(=O)NC(Cc1ccc(-c2ccc(C#N)cc2)cc1)C(=O)O)N(C)C(=O)[C@@H](c1ccc(OCc2ccc(Cl)c(Cl)c2)cc1)O3.Cl. The minimum absolute atomic E-state index is 0. The van der Waals surface area contributed by atoms with Crippen molar-refractivity contribution in [3.05, 3.63) is 182 Å². The summed E-state index contributed by atoms with van der Waals surface area (Å²) in [5.41, 5.74) is 8.18. The fourth-order valence-corrected chi connectivity index (χ4v) is 8.70. The van der Waals surface area contributed by atoms with Gasteiger partial charge in [0.15, 0.2) is 0 Å². The lowest BCUT2D eigenvalue weighted by Crippen LogP contribution is -2.55. The molecule has 13 heteroatoms. The van der Waals surface area contributed by atoms with Crippen molar-refractivity contribution >= 4 is 59.1 Å². The number of aliphatic carboxylic acids is 1. The van der Waals surface area contributed by atoms with E-state index >= 15 is 0 Å². The Morgan fingerprint density at radius 3 is 2.19 bits per heavy atom. The zero-order valence-corrected chi connectivity index (χ0v) is 37.4. The fraction of sp³-hybridized carbons (Fsp3) is 0.216. The number of nitriles is 1. The van der Waals surface area contributed by atoms with Gasteiger partial charge in [-0.2, -0.15) is 5.26 Å². The van der Waals surface area contributed by atoms with E-state index in [4.69, 9.17) is 37.9 Å². The van der Waals surface area contributed by atoms with Crippen LogP contribution >= 0.6 is 35.6 Å². The molecule has 0 bridgehead atoms. The molecular weight excluding hydrogens is 871 g/mol. The maximum absolute atomic E-state index is 14.5. The third kappa shape index (κ3) is 9.89. The summed E-state index contributed by atoms with van der Waals surface area (Å²) in [4.78, 5) is 44.8. The number of carboxylic acid groups (broad SMARTS) is 1. The average molecular weight is 916 g/mol. The van der Waals surface area contributed by atoms with Crippen LogP contribution in [0.25, 0.3) is 11.1 Å². The van der Waals surface area contributed by atoms with Crippen LogP contribution in [0.1, 0.15) is 64.4 Å². The number of rotatable bonds is 13. The molecule has 6 aromatic carbocycles. The topological polar surface area (TPSA) is 132 Å². The monoisotopic (exact) mass is 914 g/mol. The Balaban J connectivity index is 0.00000612. The number of amides is 2. The lowest BCUT2D eigenvalue weighted by molar-refractivity contribution is -0.143. The largest absolute Gasteiger partial charge is 0.489 e. The summed E-state index contributed by atoms with van der Waals surface area (Å²) < 4.78 is 12.5. The smallest absolute Gasteiger partial charge is 0.326 e. The van der Waals surface area contributed by atoms with Crippen LogP contribution in [0.3, 0.4) is 0 Å². The van der Waals surface area contributed by atoms with Crippen LogP contribution in [0.5, 0.6) is 11.5 Å². The number of carbonyl (C=O) groups excluding carboxylic acids is 2. The highest BCUT2D eigenvalue weighted by Crippen LogP contribution is 2.43. The first kappa shape index (κ1) is 45.7. The minimum atomic E-state index is -1.18. The van der Waals surface area contributed by atoms with E-state index in [1.165, 1.54) is 0 Å². The van der Waals surface area contributed by atoms with Crippen LogP contribution < -0.4 is 19.7 Å². The normalized spacial score (nSPS) is 16.5. The van der Waals surface area contributed by atoms with E-state index in [0.717, 1.165) is 38.9 Å². The highest BCUT2D eigenvalue weighted by atomic mass is 35.5. The second-order valence-electron chi connectivity index (χ2n) is 15.8. The molecule has 0 spiro atoms. The molecule has 0 aliphatic carbocycles. The fourth-order valence-electron chi connectivity index (χ4n) is 8.38. The Morgan fingerprint density at radius 1 is 0.875 bits per heavy atom. The lowest BCUT2D eigenvalue weighted by atomic mass is 9.88. The van der Waals surface area contributed by atoms with Gasteiger partial charge in [-0.3, -0.25) is 14.5 Å². The number of anilines is 1. The van der Waals surface area contributed by atoms with Crippen LogP contribution in [0.2, 0.25) is 10.0 Å². The molecule has 8 rings (SSSR count). The number of benzene rings is 6. The lowest BCUT2D eigenvalue weighted by Gasteiger charge is -2.42. The van der Waals surface area contributed by atoms with E-state index in [9.17, 15) is 19.5 Å². The van der Waals surface area contributed by atoms with E-state index in [0.29, 0.717) is 57.7 Å². The maximum Gasteiger partial charge on any atom is 0.326 e. The van der Waals surface area contributed by atoms with Crippen LogP contribution in [0, 0.1) is 11.3 Å². The number of carboxylic acids is 1. The number of hydrogen-bond acceptors (Lipinski definition) is 7. The standard InChI is InChI=1S/C51H44Cl2N4O6.ClH/c1-3-44(36-7-5-4-6-8-36)57-29-39-27-47-45(56(2)50(59)48(63-47)37-18-20-40(21-19-37)62-30-33-13-22-41(52)42(53)23-33)25-38(39)26-46(57)49(58)55-43(51(60)61)24-31-9-14-34(15-10-31)35-16-11-32(28-54)12-17-35;/h4-23,25,27,43-44,46,48H,3,24,26,29-30H2,1-2H3,(H,55,58)(H,60,61);1H/t43?,44-,46-,48+;/m0./s1. The highest BCUT2D eigenvalue weighted by molar-refractivity contribution is 6.42. The molecule has 6 aromatic rings. The van der Waals surface area contributed by atoms with Gasteiger partial charge in [0.2, 0.25) is 12.0 Å². The Labute approximate surface area is 388 Å². The van der Waals surface area contributed by atoms with Crippen molar-refractivity contribution in [3.8, 4) is 28.7 Å². The van der Waals surface area contributed by atoms with E-state index in [-0.39, 0.29) is 43.3 Å². The molecule has 326 valence electrons. The molecule has 0 radical (unpaired) electrons. The first-order chi connectivity index (χ1) is 30.5. The van der Waals surface area contributed by atoms with Gasteiger partial charge in [-0.15, -0.1) is 12.4 Å². The summed E-state index contributed by atoms with van der Waals surface area (Å²) in [7, 11) is 1.72. The van der Waals surface area contributed by atoms with Gasteiger partial charge in [0.25, 0.3) is 5.91 Å². The Morgan fingerprint density at radius 2 is 1.55 bits per heavy atom. The molecule has 0 saturated carbocycles. The number of ether oxygens (including phenoxy) is 2. The van der Waals surface area contributed by atoms with Gasteiger partial charge in [-0.05, 0) is 100 Å². The molecule has 64 heavy (non-hydrogen) atoms. The molecule has 0 fully saturated rings. The Hall–Kier alpha value is -6.35. The first-order valence-corrected chi connectivity index (χ1v) is 21.4. The van der Waals surface area contributed by atoms with Gasteiger partial charge in [-0.25, -0.2) is 4.79 Å². The number of halogens is 3. The highest BCUT2D eigenvalue weighted by Gasteiger charge is 2.40. The second kappa shape index (κ2) is 20.0. The summed E-state index contributed by atoms with van der Waals surface area (Å²) in [6, 6.07) is 41.3. The Kier molecular flexibility index (Phi) is 14.3. The van der Waals surface area contributed by atoms with E-state index in [1.807, 2.05) is 97.1 Å². The molecule has 2 heterocycles. The van der Waals surface area contributed by atoms with Crippen molar-refractivity contribution in [1.82, 2.24) is 10.2 Å². The number of nitrogens with one attached hydrogen (secondary N) is 1. The second-order valence-corrected chi connectivity index (χ2v) is 16.6. The summed E-state index contributed by atoms with van der Waals surface area (Å²) in [6.07, 6.45) is 0.181. The molecule has 2 N–H and O–H groups in total. The van der Waals surface area contributed by atoms with E-state index in [1.54, 1.807) is 48.3 Å². The molecule has 1 unspecified atom stereocenters. The van der Waals surface area contributed by atoms with Gasteiger partial charge >= 0.3 is 5.97 Å². The van der Waals surface area contributed by atoms with Crippen LogP contribution in [0.15, 0.2) is 133 Å². The van der Waals surface area contributed by atoms with Gasteiger partial charge in [-0.1, -0.05) is 115 Å². The number of nitrogens with zero attached hydrogens (tertiary/aromatic N) is 3. The van der Waals surface area contributed by atoms with Gasteiger partial charge in [0.1, 0.15) is 24.1 Å². The van der Waals surface area contributed by atoms with Gasteiger partial charge in [0, 0.05) is 31.6 Å². The van der Waals surface area contributed by atoms with Gasteiger partial charge < -0.3 is 24.8 Å². The van der Waals surface area contributed by atoms with Crippen molar-refractivity contribution in [3.63, 3.8) is 0 Å². The predicted molar refractivity (Wildman–Crippen MR) is 250 cm³/mol. The third-order valence-electron chi connectivity index (χ3n) is 11.8. The molecule has 4 atom stereocenters. The van der Waals surface area contributed by atoms with Crippen LogP contribution in [0.4, 0.5) is 5.69 Å². The van der Waals surface area contributed by atoms with E-state index in [2.05, 4.69) is 23.2 Å². The van der Waals surface area contributed by atoms with Gasteiger partial charge in [0.05, 0.1) is 33.4 Å². The van der Waals surface area contributed by atoms with Crippen LogP contribution in [-0.4, -0.2) is 46.9 Å². The quantitative estimate of drug-likeness (QED) is 0.117. The average Bonchev–Trinajstić information content (AvgIpc) is 3.30. The minimum Gasteiger partial charge on any atom is -0.489 e. The van der Waals surface area contributed by atoms with Crippen molar-refractivity contribution in [2.45, 2.75) is 63.6 Å². The third-order valence-corrected chi connectivity index (χ3v) is 12.5. The summed E-state index contributed by atoms with van der Waals surface area (Å²) >= 11 is 12.2. The number of likely N-dealkylation sites (N-methyl/N-ethyl adjacent to an activating group) is 1. The zero-order chi connectivity index (χ0) is 44.2. The van der Waals surface area contributed by atoms with Crippen LogP contribution in [-0.2, 0) is 40.4 Å². The van der Waals surface area contributed by atoms with Crippen molar-refractivity contribution in [1.29, 1.82) is 5.26 Å². The number of hydrogen-bond donors (Lipinski definition) is 2. The van der Waals surface area contributed by atoms with Crippen molar-refractivity contribution in [2.24, 2.45) is 0 Å². The van der Waals surface area contributed by atoms with E-state index < -0.39 is 24.2 Å². The summed E-state index contributed by atoms with van der Waals surface area (Å²) in [6.45, 7) is 2.75. The predicted octanol–water partition coefficient (Wildman–Crippen LogP) is 10.3. The molecule has 10 nitrogen and oxygen atoms in total. The summed E-state index contributed by atoms with van der Waals surface area (Å²) in [5.74, 6) is -0.610. The zero-order valence-electron chi connectivity index (χ0n) is 35.0. The number of fused-ring (bicyclic) bond motifs is 2. The molecule has 0 saturated heterocycles. The number of carbonyl (C=O) groups is 3. The first-order valence-electron chi connectivity index (χ1n) is 20.7. The van der Waals surface area contributed by atoms with Crippen molar-refractivity contribution < 1.29 is 29.0 Å². The van der Waals surface area contributed by atoms with Crippen molar-refractivity contribution in [2.75, 3.05) is 11.9 Å². The molecule has 2 amide bonds. The maximum atomic E-state index is 14.5. The molecule has 2 aliphatic heterocycles. The Bertz CT molecular complexity index is 2690. The summed E-state index contributed by atoms with van der Waals surface area (Å²) in [5, 5.41) is 23.4. The molecule has 2 aliphatic rings. The molecular formula is C51H45Cl3N4O6.